The number of hydrazine groups is 1. The molecule has 2 N–H and O–H groups in total. The molecule has 0 aromatic carbocycles. The predicted molar refractivity (Wildman–Crippen MR) is 85.6 cm³/mol. The van der Waals surface area contributed by atoms with E-state index in [1.807, 2.05) is 0 Å². The fraction of sp³-hybridized carbons (Fsp3) is 0.200. The first-order valence-electron chi connectivity index (χ1n) is 6.99. The Hall–Kier alpha value is -2.94. The van der Waals surface area contributed by atoms with Gasteiger partial charge in [0.1, 0.15) is 5.56 Å². The summed E-state index contributed by atoms with van der Waals surface area (Å²) in [5.74, 6) is -1.73. The van der Waals surface area contributed by atoms with E-state index in [-0.39, 0.29) is 11.4 Å². The predicted octanol–water partition coefficient (Wildman–Crippen LogP) is 1.16. The number of nitrogens with zero attached hydrogens (tertiary/aromatic N) is 1. The number of ether oxygens (including phenoxy) is 2. The molecule has 0 unspecified atom stereocenters. The van der Waals surface area contributed by atoms with Crippen molar-refractivity contribution in [2.24, 2.45) is 0 Å². The van der Waals surface area contributed by atoms with Crippen molar-refractivity contribution in [3.05, 3.63) is 46.3 Å². The third-order valence-corrected chi connectivity index (χ3v) is 3.54. The van der Waals surface area contributed by atoms with E-state index in [0.29, 0.717) is 11.5 Å². The van der Waals surface area contributed by atoms with Crippen LogP contribution in [-0.4, -0.2) is 36.0 Å². The van der Waals surface area contributed by atoms with Crippen molar-refractivity contribution >= 4 is 29.1 Å². The molecular weight excluding hydrogens is 334 g/mol. The molecule has 2 heterocycles. The zero-order valence-corrected chi connectivity index (χ0v) is 13.6. The molecule has 126 valence electrons. The second-order valence-corrected chi connectivity index (χ2v) is 5.29. The second-order valence-electron chi connectivity index (χ2n) is 4.34. The monoisotopic (exact) mass is 349 g/mol. The Morgan fingerprint density at radius 1 is 1.21 bits per heavy atom. The summed E-state index contributed by atoms with van der Waals surface area (Å²) in [7, 11) is 0. The van der Waals surface area contributed by atoms with Crippen LogP contribution in [0.2, 0.25) is 0 Å². The lowest BCUT2D eigenvalue weighted by Gasteiger charge is -2.09. The van der Waals surface area contributed by atoms with Crippen LogP contribution in [0.5, 0.6) is 5.88 Å². The number of rotatable bonds is 6. The third kappa shape index (κ3) is 4.78. The van der Waals surface area contributed by atoms with E-state index in [1.165, 1.54) is 23.6 Å². The first-order chi connectivity index (χ1) is 11.6. The molecule has 0 fully saturated rings. The van der Waals surface area contributed by atoms with Crippen LogP contribution in [0.25, 0.3) is 0 Å². The summed E-state index contributed by atoms with van der Waals surface area (Å²) in [4.78, 5) is 39.6. The van der Waals surface area contributed by atoms with E-state index in [2.05, 4.69) is 15.8 Å². The minimum atomic E-state index is -0.744. The standard InChI is InChI=1S/C15H15N3O5S/c1-2-22-14-10(5-3-7-16-14)15(21)23-9-12(19)17-18-13(20)11-6-4-8-24-11/h3-8H,2,9H2,1H3,(H,17,19)(H,18,20). The Morgan fingerprint density at radius 3 is 2.75 bits per heavy atom. The molecule has 2 rings (SSSR count). The quantitative estimate of drug-likeness (QED) is 0.599. The average Bonchev–Trinajstić information content (AvgIpc) is 3.13. The smallest absolute Gasteiger partial charge is 0.344 e. The molecule has 2 aromatic heterocycles. The van der Waals surface area contributed by atoms with Gasteiger partial charge in [-0.15, -0.1) is 11.3 Å². The summed E-state index contributed by atoms with van der Waals surface area (Å²) < 4.78 is 10.1. The van der Waals surface area contributed by atoms with Crippen molar-refractivity contribution in [1.29, 1.82) is 0 Å². The highest BCUT2D eigenvalue weighted by molar-refractivity contribution is 7.12. The molecule has 2 aromatic rings. The number of amides is 2. The molecule has 0 saturated heterocycles. The molecule has 9 heteroatoms. The Bertz CT molecular complexity index is 718. The normalized spacial score (nSPS) is 9.88. The van der Waals surface area contributed by atoms with Gasteiger partial charge in [-0.25, -0.2) is 9.78 Å². The van der Waals surface area contributed by atoms with Gasteiger partial charge in [0.15, 0.2) is 6.61 Å². The molecular formula is C15H15N3O5S. The molecule has 24 heavy (non-hydrogen) atoms. The van der Waals surface area contributed by atoms with Crippen molar-refractivity contribution in [1.82, 2.24) is 15.8 Å². The van der Waals surface area contributed by atoms with Gasteiger partial charge in [-0.3, -0.25) is 20.4 Å². The van der Waals surface area contributed by atoms with Crippen molar-refractivity contribution in [3.63, 3.8) is 0 Å². The molecule has 0 atom stereocenters. The maximum absolute atomic E-state index is 12.0. The lowest BCUT2D eigenvalue weighted by molar-refractivity contribution is -0.125. The zero-order chi connectivity index (χ0) is 17.4. The highest BCUT2D eigenvalue weighted by Gasteiger charge is 2.16. The van der Waals surface area contributed by atoms with Gasteiger partial charge in [-0.05, 0) is 30.5 Å². The molecule has 0 aliphatic carbocycles. The highest BCUT2D eigenvalue weighted by Crippen LogP contribution is 2.15. The number of carbonyl (C=O) groups is 3. The van der Waals surface area contributed by atoms with Gasteiger partial charge in [0.05, 0.1) is 11.5 Å². The Morgan fingerprint density at radius 2 is 2.04 bits per heavy atom. The van der Waals surface area contributed by atoms with Crippen LogP contribution in [0.1, 0.15) is 27.0 Å². The molecule has 0 radical (unpaired) electrons. The SMILES string of the molecule is CCOc1ncccc1C(=O)OCC(=O)NNC(=O)c1cccs1. The topological polar surface area (TPSA) is 107 Å². The number of pyridine rings is 1. The van der Waals surface area contributed by atoms with E-state index < -0.39 is 24.4 Å². The molecule has 0 spiro atoms. The number of esters is 1. The van der Waals surface area contributed by atoms with Gasteiger partial charge in [0.25, 0.3) is 11.8 Å². The zero-order valence-electron chi connectivity index (χ0n) is 12.8. The van der Waals surface area contributed by atoms with Gasteiger partial charge in [0, 0.05) is 6.20 Å². The number of aromatic nitrogens is 1. The molecule has 0 saturated carbocycles. The van der Waals surface area contributed by atoms with Gasteiger partial charge < -0.3 is 9.47 Å². The van der Waals surface area contributed by atoms with Gasteiger partial charge in [-0.2, -0.15) is 0 Å². The van der Waals surface area contributed by atoms with Crippen LogP contribution in [0.4, 0.5) is 0 Å². The fourth-order valence-corrected chi connectivity index (χ4v) is 2.26. The first-order valence-corrected chi connectivity index (χ1v) is 7.87. The van der Waals surface area contributed by atoms with Crippen LogP contribution in [0.15, 0.2) is 35.8 Å². The van der Waals surface area contributed by atoms with Crippen LogP contribution in [0.3, 0.4) is 0 Å². The van der Waals surface area contributed by atoms with E-state index in [4.69, 9.17) is 9.47 Å². The van der Waals surface area contributed by atoms with Crippen LogP contribution < -0.4 is 15.6 Å². The number of thiophene rings is 1. The van der Waals surface area contributed by atoms with Gasteiger partial charge in [-0.1, -0.05) is 6.07 Å². The number of hydrogen-bond acceptors (Lipinski definition) is 7. The van der Waals surface area contributed by atoms with Crippen LogP contribution in [-0.2, 0) is 9.53 Å². The Balaban J connectivity index is 1.81. The lowest BCUT2D eigenvalue weighted by Crippen LogP contribution is -2.43. The Kier molecular flexibility index (Phi) is 6.26. The van der Waals surface area contributed by atoms with Gasteiger partial charge in [0.2, 0.25) is 5.88 Å². The van der Waals surface area contributed by atoms with Crippen molar-refractivity contribution < 1.29 is 23.9 Å². The minimum Gasteiger partial charge on any atom is -0.477 e. The molecule has 0 bridgehead atoms. The minimum absolute atomic E-state index is 0.120. The lowest BCUT2D eigenvalue weighted by atomic mass is 10.3. The average molecular weight is 349 g/mol. The number of carbonyl (C=O) groups excluding carboxylic acids is 3. The molecule has 0 aliphatic rings. The maximum atomic E-state index is 12.0. The number of hydrogen-bond donors (Lipinski definition) is 2. The third-order valence-electron chi connectivity index (χ3n) is 2.67. The van der Waals surface area contributed by atoms with Gasteiger partial charge >= 0.3 is 5.97 Å². The highest BCUT2D eigenvalue weighted by atomic mass is 32.1. The second kappa shape index (κ2) is 8.63. The van der Waals surface area contributed by atoms with E-state index in [0.717, 1.165) is 0 Å². The van der Waals surface area contributed by atoms with Crippen molar-refractivity contribution in [2.75, 3.05) is 13.2 Å². The van der Waals surface area contributed by atoms with Crippen molar-refractivity contribution in [2.45, 2.75) is 6.92 Å². The summed E-state index contributed by atoms with van der Waals surface area (Å²) in [6.45, 7) is 1.55. The van der Waals surface area contributed by atoms with E-state index >= 15 is 0 Å². The maximum Gasteiger partial charge on any atom is 0.344 e. The Labute approximate surface area is 141 Å². The largest absolute Gasteiger partial charge is 0.477 e. The number of nitrogens with one attached hydrogen (secondary N) is 2. The summed E-state index contributed by atoms with van der Waals surface area (Å²) in [6, 6.07) is 6.37. The fourth-order valence-electron chi connectivity index (χ4n) is 1.64. The van der Waals surface area contributed by atoms with E-state index in [9.17, 15) is 14.4 Å². The summed E-state index contributed by atoms with van der Waals surface area (Å²) in [5.41, 5.74) is 4.51. The molecule has 2 amide bonds. The summed E-state index contributed by atoms with van der Waals surface area (Å²) in [6.07, 6.45) is 1.48. The summed E-state index contributed by atoms with van der Waals surface area (Å²) in [5, 5.41) is 1.74. The first kappa shape index (κ1) is 17.4. The van der Waals surface area contributed by atoms with Crippen molar-refractivity contribution in [3.8, 4) is 5.88 Å². The van der Waals surface area contributed by atoms with Crippen LogP contribution in [0, 0.1) is 0 Å². The molecule has 8 nitrogen and oxygen atoms in total. The van der Waals surface area contributed by atoms with E-state index in [1.54, 1.807) is 30.5 Å². The molecule has 0 aliphatic heterocycles. The van der Waals surface area contributed by atoms with Crippen LogP contribution >= 0.6 is 11.3 Å². The summed E-state index contributed by atoms with van der Waals surface area (Å²) >= 11 is 1.23.